The van der Waals surface area contributed by atoms with Crippen LogP contribution in [0, 0.1) is 11.8 Å². The highest BCUT2D eigenvalue weighted by atomic mass is 16.5. The molecule has 8 nitrogen and oxygen atoms in total. The van der Waals surface area contributed by atoms with Gasteiger partial charge in [-0.1, -0.05) is 6.92 Å². The Bertz CT molecular complexity index is 950. The van der Waals surface area contributed by atoms with Gasteiger partial charge >= 0.3 is 0 Å². The summed E-state index contributed by atoms with van der Waals surface area (Å²) in [6, 6.07) is 0. The summed E-state index contributed by atoms with van der Waals surface area (Å²) in [5.74, 6) is 1.12. The van der Waals surface area contributed by atoms with Crippen LogP contribution in [0.4, 0.5) is 0 Å². The van der Waals surface area contributed by atoms with Gasteiger partial charge in [0.25, 0.3) is 5.91 Å². The van der Waals surface area contributed by atoms with Gasteiger partial charge in [0.1, 0.15) is 5.56 Å². The summed E-state index contributed by atoms with van der Waals surface area (Å²) in [5, 5.41) is 21.7. The van der Waals surface area contributed by atoms with E-state index >= 15 is 0 Å². The first-order valence-corrected chi connectivity index (χ1v) is 12.7. The third kappa shape index (κ3) is 5.32. The molecule has 8 heteroatoms. The molecule has 1 aromatic heterocycles. The lowest BCUT2D eigenvalue weighted by atomic mass is 9.51. The number of carbonyl (C=O) groups excluding carboxylic acids is 2. The van der Waals surface area contributed by atoms with Crippen molar-refractivity contribution in [1.29, 1.82) is 0 Å². The Kier molecular flexibility index (Phi) is 6.57. The predicted molar refractivity (Wildman–Crippen MR) is 130 cm³/mol. The first-order valence-electron chi connectivity index (χ1n) is 12.7. The SMILES string of the molecule is CCCC(=O)NC(C)(C)/C=C/n1ncc(C(=O)N[C@]23CC4CC(C[C@@](O)(C4)C2)C3)c1OC(C)C. The van der Waals surface area contributed by atoms with E-state index in [0.717, 1.165) is 38.5 Å². The van der Waals surface area contributed by atoms with Crippen molar-refractivity contribution in [3.8, 4) is 5.88 Å². The third-order valence-corrected chi connectivity index (χ3v) is 7.32. The van der Waals surface area contributed by atoms with Gasteiger partial charge in [0.05, 0.1) is 23.4 Å². The summed E-state index contributed by atoms with van der Waals surface area (Å²) in [6.07, 6.45) is 11.6. The summed E-state index contributed by atoms with van der Waals surface area (Å²) in [6.45, 7) is 9.61. The van der Waals surface area contributed by atoms with Gasteiger partial charge < -0.3 is 20.5 Å². The molecule has 5 rings (SSSR count). The second-order valence-corrected chi connectivity index (χ2v) is 11.7. The van der Waals surface area contributed by atoms with E-state index in [9.17, 15) is 14.7 Å². The van der Waals surface area contributed by atoms with Crippen LogP contribution in [0.1, 0.15) is 96.3 Å². The summed E-state index contributed by atoms with van der Waals surface area (Å²) >= 11 is 0. The summed E-state index contributed by atoms with van der Waals surface area (Å²) < 4.78 is 7.57. The van der Waals surface area contributed by atoms with Gasteiger partial charge in [-0.25, -0.2) is 4.68 Å². The van der Waals surface area contributed by atoms with Crippen LogP contribution in [0.25, 0.3) is 6.20 Å². The van der Waals surface area contributed by atoms with Crippen molar-refractivity contribution in [2.24, 2.45) is 11.8 Å². The van der Waals surface area contributed by atoms with E-state index < -0.39 is 11.1 Å². The monoisotopic (exact) mass is 472 g/mol. The van der Waals surface area contributed by atoms with Gasteiger partial charge in [-0.3, -0.25) is 9.59 Å². The van der Waals surface area contributed by atoms with Crippen molar-refractivity contribution in [3.05, 3.63) is 17.8 Å². The maximum Gasteiger partial charge on any atom is 0.258 e. The second kappa shape index (κ2) is 9.02. The number of amides is 2. The molecule has 0 aliphatic heterocycles. The summed E-state index contributed by atoms with van der Waals surface area (Å²) in [7, 11) is 0. The van der Waals surface area contributed by atoms with E-state index in [0.29, 0.717) is 36.1 Å². The molecule has 0 spiro atoms. The van der Waals surface area contributed by atoms with Gasteiger partial charge in [-0.2, -0.15) is 5.10 Å². The smallest absolute Gasteiger partial charge is 0.258 e. The van der Waals surface area contributed by atoms with E-state index in [1.165, 1.54) is 6.20 Å². The molecule has 4 aliphatic carbocycles. The molecule has 4 aliphatic rings. The van der Waals surface area contributed by atoms with Crippen molar-refractivity contribution in [3.63, 3.8) is 0 Å². The number of carbonyl (C=O) groups is 2. The van der Waals surface area contributed by atoms with Crippen LogP contribution in [0.15, 0.2) is 12.3 Å². The van der Waals surface area contributed by atoms with Gasteiger partial charge in [0, 0.05) is 18.2 Å². The van der Waals surface area contributed by atoms with Crippen molar-refractivity contribution < 1.29 is 19.4 Å². The van der Waals surface area contributed by atoms with Crippen molar-refractivity contribution >= 4 is 18.0 Å². The fourth-order valence-electron chi connectivity index (χ4n) is 6.57. The van der Waals surface area contributed by atoms with Crippen LogP contribution >= 0.6 is 0 Å². The Morgan fingerprint density at radius 1 is 1.29 bits per heavy atom. The molecule has 0 aromatic carbocycles. The Hall–Kier alpha value is -2.35. The average molecular weight is 473 g/mol. The first-order chi connectivity index (χ1) is 15.9. The molecule has 2 amide bonds. The molecule has 1 aromatic rings. The standard InChI is InChI=1S/C26H40N4O4/c1-6-7-21(31)28-24(4,5)8-9-30-23(34-17(2)3)20(15-27-30)22(32)29-25-11-18-10-19(12-25)14-26(33,13-18)16-25/h8-9,15,17-19,33H,6-7,10-14,16H2,1-5H3,(H,28,31)(H,29,32)/b9-8+/t18?,19?,25-,26-. The third-order valence-electron chi connectivity index (χ3n) is 7.32. The Labute approximate surface area is 202 Å². The highest BCUT2D eigenvalue weighted by Crippen LogP contribution is 2.57. The first kappa shape index (κ1) is 24.8. The minimum atomic E-state index is -0.644. The molecule has 4 bridgehead atoms. The predicted octanol–water partition coefficient (Wildman–Crippen LogP) is 3.65. The Morgan fingerprint density at radius 2 is 1.97 bits per heavy atom. The van der Waals surface area contributed by atoms with Gasteiger partial charge in [-0.15, -0.1) is 0 Å². The number of nitrogens with one attached hydrogen (secondary N) is 2. The molecule has 188 valence electrons. The van der Waals surface area contributed by atoms with E-state index in [4.69, 9.17) is 4.74 Å². The fourth-order valence-corrected chi connectivity index (χ4v) is 6.57. The number of aromatic nitrogens is 2. The van der Waals surface area contributed by atoms with Crippen LogP contribution in [-0.2, 0) is 4.79 Å². The van der Waals surface area contributed by atoms with E-state index in [1.54, 1.807) is 10.9 Å². The maximum atomic E-state index is 13.5. The number of rotatable bonds is 9. The van der Waals surface area contributed by atoms with E-state index in [1.807, 2.05) is 40.7 Å². The number of nitrogens with zero attached hydrogens (tertiary/aromatic N) is 2. The maximum absolute atomic E-state index is 13.5. The molecule has 2 atom stereocenters. The molecule has 2 unspecified atom stereocenters. The number of ether oxygens (including phenoxy) is 1. The molecular weight excluding hydrogens is 432 g/mol. The average Bonchev–Trinajstić information content (AvgIpc) is 3.06. The van der Waals surface area contributed by atoms with Crippen LogP contribution < -0.4 is 15.4 Å². The van der Waals surface area contributed by atoms with Crippen molar-refractivity contribution in [1.82, 2.24) is 20.4 Å². The minimum Gasteiger partial charge on any atom is -0.474 e. The molecular formula is C26H40N4O4. The number of aliphatic hydroxyl groups is 1. The Balaban J connectivity index is 1.53. The van der Waals surface area contributed by atoms with E-state index in [-0.39, 0.29) is 23.5 Å². The number of hydrogen-bond acceptors (Lipinski definition) is 5. The van der Waals surface area contributed by atoms with Crippen LogP contribution in [-0.4, -0.2) is 49.5 Å². The van der Waals surface area contributed by atoms with Gasteiger partial charge in [0.2, 0.25) is 11.8 Å². The largest absolute Gasteiger partial charge is 0.474 e. The van der Waals surface area contributed by atoms with E-state index in [2.05, 4.69) is 15.7 Å². The molecule has 0 radical (unpaired) electrons. The van der Waals surface area contributed by atoms with Crippen LogP contribution in [0.5, 0.6) is 5.88 Å². The topological polar surface area (TPSA) is 105 Å². The highest BCUT2D eigenvalue weighted by Gasteiger charge is 2.57. The Morgan fingerprint density at radius 3 is 2.56 bits per heavy atom. The number of hydrogen-bond donors (Lipinski definition) is 3. The van der Waals surface area contributed by atoms with Gasteiger partial charge in [-0.05, 0) is 90.6 Å². The normalized spacial score (nSPS) is 30.2. The fraction of sp³-hybridized carbons (Fsp3) is 0.731. The summed E-state index contributed by atoms with van der Waals surface area (Å²) in [5.41, 5.74) is -1.19. The highest BCUT2D eigenvalue weighted by molar-refractivity contribution is 5.97. The lowest BCUT2D eigenvalue weighted by molar-refractivity contribution is -0.139. The van der Waals surface area contributed by atoms with Crippen molar-refractivity contribution in [2.75, 3.05) is 0 Å². The molecule has 1 heterocycles. The zero-order chi connectivity index (χ0) is 24.7. The lowest BCUT2D eigenvalue weighted by Gasteiger charge is -2.60. The van der Waals surface area contributed by atoms with Crippen LogP contribution in [0.2, 0.25) is 0 Å². The quantitative estimate of drug-likeness (QED) is 0.509. The lowest BCUT2D eigenvalue weighted by Crippen LogP contribution is -2.65. The summed E-state index contributed by atoms with van der Waals surface area (Å²) in [4.78, 5) is 25.5. The molecule has 3 N–H and O–H groups in total. The zero-order valence-electron chi connectivity index (χ0n) is 21.2. The zero-order valence-corrected chi connectivity index (χ0v) is 21.2. The minimum absolute atomic E-state index is 0.00596. The molecule has 0 saturated heterocycles. The van der Waals surface area contributed by atoms with Crippen molar-refractivity contribution in [2.45, 2.75) is 109 Å². The molecule has 4 saturated carbocycles. The van der Waals surface area contributed by atoms with Crippen LogP contribution in [0.3, 0.4) is 0 Å². The second-order valence-electron chi connectivity index (χ2n) is 11.7. The molecule has 34 heavy (non-hydrogen) atoms. The molecule has 4 fully saturated rings. The van der Waals surface area contributed by atoms with Gasteiger partial charge in [0.15, 0.2) is 0 Å².